The van der Waals surface area contributed by atoms with Gasteiger partial charge in [0.15, 0.2) is 10.7 Å². The van der Waals surface area contributed by atoms with Crippen molar-refractivity contribution in [3.63, 3.8) is 0 Å². The molecule has 1 saturated heterocycles. The molecule has 0 bridgehead atoms. The van der Waals surface area contributed by atoms with Crippen LogP contribution < -0.4 is 0 Å². The minimum Gasteiger partial charge on any atom is -0.355 e. The number of benzene rings is 1. The first-order valence-electron chi connectivity index (χ1n) is 11.8. The van der Waals surface area contributed by atoms with Gasteiger partial charge in [0.05, 0.1) is 0 Å². The van der Waals surface area contributed by atoms with E-state index < -0.39 is 10.0 Å². The quantitative estimate of drug-likeness (QED) is 0.538. The van der Waals surface area contributed by atoms with Crippen molar-refractivity contribution >= 4 is 28.1 Å². The second-order valence-corrected chi connectivity index (χ2v) is 11.0. The third-order valence-electron chi connectivity index (χ3n) is 6.25. The molecule has 0 N–H and O–H groups in total. The number of sulfonamides is 1. The molecule has 1 fully saturated rings. The first-order chi connectivity index (χ1) is 16.1. The van der Waals surface area contributed by atoms with Gasteiger partial charge in [-0.1, -0.05) is 41.1 Å². The lowest BCUT2D eigenvalue weighted by Crippen LogP contribution is -2.45. The Balaban J connectivity index is 1.70. The van der Waals surface area contributed by atoms with Gasteiger partial charge in [0.25, 0.3) is 0 Å². The van der Waals surface area contributed by atoms with E-state index >= 15 is 0 Å². The predicted molar refractivity (Wildman–Crippen MR) is 134 cm³/mol. The van der Waals surface area contributed by atoms with Crippen molar-refractivity contribution < 1.29 is 17.7 Å². The summed E-state index contributed by atoms with van der Waals surface area (Å²) in [6.07, 6.45) is 4.48. The molecule has 2 heterocycles. The number of piperidine rings is 1. The Morgan fingerprint density at radius 1 is 1.12 bits per heavy atom. The molecule has 0 saturated carbocycles. The molecule has 34 heavy (non-hydrogen) atoms. The van der Waals surface area contributed by atoms with Crippen LogP contribution in [-0.4, -0.2) is 80.4 Å². The van der Waals surface area contributed by atoms with E-state index in [9.17, 15) is 13.2 Å². The van der Waals surface area contributed by atoms with Crippen molar-refractivity contribution in [3.8, 4) is 0 Å². The largest absolute Gasteiger partial charge is 0.355 e. The molecule has 2 aromatic rings. The van der Waals surface area contributed by atoms with E-state index in [1.54, 1.807) is 13.0 Å². The number of amides is 1. The number of aryl methyl sites for hydroxylation is 2. The zero-order valence-corrected chi connectivity index (χ0v) is 21.6. The Bertz CT molecular complexity index is 1100. The Kier molecular flexibility index (Phi) is 8.67. The normalized spacial score (nSPS) is 15.9. The molecule has 0 radical (unpaired) electrons. The van der Waals surface area contributed by atoms with E-state index in [0.717, 1.165) is 17.7 Å². The smallest absolute Gasteiger partial charge is 0.248 e. The maximum absolute atomic E-state index is 13.5. The highest BCUT2D eigenvalue weighted by molar-refractivity contribution is 7.89. The Hall–Kier alpha value is -2.49. The minimum atomic E-state index is -3.79. The molecule has 0 atom stereocenters. The van der Waals surface area contributed by atoms with Crippen LogP contribution in [0.3, 0.4) is 0 Å². The number of likely N-dealkylation sites (N-methyl/N-ethyl adjacent to an activating group) is 2. The van der Waals surface area contributed by atoms with E-state index in [0.29, 0.717) is 44.7 Å². The topological polar surface area (TPSA) is 87.0 Å². The van der Waals surface area contributed by atoms with Gasteiger partial charge in [-0.05, 0) is 59.3 Å². The summed E-state index contributed by atoms with van der Waals surface area (Å²) in [5.74, 6) is 0.180. The van der Waals surface area contributed by atoms with Gasteiger partial charge in [-0.2, -0.15) is 4.31 Å². The van der Waals surface area contributed by atoms with Gasteiger partial charge in [-0.25, -0.2) is 8.42 Å². The summed E-state index contributed by atoms with van der Waals surface area (Å²) >= 11 is 0. The van der Waals surface area contributed by atoms with Gasteiger partial charge in [-0.3, -0.25) is 4.79 Å². The minimum absolute atomic E-state index is 0.0989. The molecule has 9 heteroatoms. The van der Waals surface area contributed by atoms with Gasteiger partial charge < -0.3 is 14.3 Å². The summed E-state index contributed by atoms with van der Waals surface area (Å²) in [6.45, 7) is 8.37. The second-order valence-electron chi connectivity index (χ2n) is 9.10. The molecular weight excluding hydrogens is 452 g/mol. The van der Waals surface area contributed by atoms with E-state index in [2.05, 4.69) is 10.1 Å². The Morgan fingerprint density at radius 2 is 1.76 bits per heavy atom. The zero-order chi connectivity index (χ0) is 24.9. The number of hydrogen-bond donors (Lipinski definition) is 0. The average molecular weight is 489 g/mol. The summed E-state index contributed by atoms with van der Waals surface area (Å²) in [4.78, 5) is 17.0. The van der Waals surface area contributed by atoms with Crippen molar-refractivity contribution in [2.75, 3.05) is 46.8 Å². The molecule has 0 spiro atoms. The summed E-state index contributed by atoms with van der Waals surface area (Å²) < 4.78 is 33.8. The van der Waals surface area contributed by atoms with Crippen molar-refractivity contribution in [1.82, 2.24) is 19.3 Å². The molecule has 8 nitrogen and oxygen atoms in total. The van der Waals surface area contributed by atoms with E-state index in [1.807, 2.05) is 63.2 Å². The fourth-order valence-electron chi connectivity index (χ4n) is 4.12. The highest BCUT2D eigenvalue weighted by Crippen LogP contribution is 2.29. The molecular formula is C25H36N4O4S. The first-order valence-corrected chi connectivity index (χ1v) is 13.2. The van der Waals surface area contributed by atoms with Crippen LogP contribution in [0.25, 0.3) is 12.2 Å². The van der Waals surface area contributed by atoms with Crippen molar-refractivity contribution in [1.29, 1.82) is 0 Å². The van der Waals surface area contributed by atoms with E-state index in [1.165, 1.54) is 4.31 Å². The number of nitrogens with zero attached hydrogens (tertiary/aromatic N) is 4. The van der Waals surface area contributed by atoms with Gasteiger partial charge >= 0.3 is 0 Å². The summed E-state index contributed by atoms with van der Waals surface area (Å²) in [5, 5.41) is 3.92. The number of aromatic nitrogens is 1. The van der Waals surface area contributed by atoms with Crippen LogP contribution in [0, 0.1) is 19.8 Å². The maximum atomic E-state index is 13.5. The number of rotatable bonds is 9. The number of carbonyl (C=O) groups excluding carboxylic acids is 1. The number of hydrogen-bond acceptors (Lipinski definition) is 6. The highest BCUT2D eigenvalue weighted by Gasteiger charge is 2.36. The lowest BCUT2D eigenvalue weighted by atomic mass is 9.96. The van der Waals surface area contributed by atoms with E-state index in [4.69, 9.17) is 4.52 Å². The third-order valence-corrected chi connectivity index (χ3v) is 8.31. The van der Waals surface area contributed by atoms with Crippen molar-refractivity contribution in [2.45, 2.75) is 38.5 Å². The lowest BCUT2D eigenvalue weighted by Gasteiger charge is -2.33. The second kappa shape index (κ2) is 11.3. The van der Waals surface area contributed by atoms with Crippen LogP contribution in [0.15, 0.2) is 33.7 Å². The molecule has 1 aromatic heterocycles. The standard InChI is InChI=1S/C25H36N4O4S/c1-6-28(18-17-27(4)5)25(30)22-13-15-29(16-14-22)34(31,32)24-20(3)26-33-23(24)12-11-21-9-7-19(2)8-10-21/h7-12,22H,6,13-18H2,1-5H3/b12-11+. The fourth-order valence-corrected chi connectivity index (χ4v) is 5.84. The monoisotopic (exact) mass is 488 g/mol. The van der Waals surface area contributed by atoms with Gasteiger partial charge in [0, 0.05) is 38.6 Å². The molecule has 186 valence electrons. The molecule has 0 unspecified atom stereocenters. The van der Waals surface area contributed by atoms with Crippen molar-refractivity contribution in [3.05, 3.63) is 46.8 Å². The molecule has 1 aliphatic heterocycles. The SMILES string of the molecule is CCN(CCN(C)C)C(=O)C1CCN(S(=O)(=O)c2c(C)noc2/C=C/c2ccc(C)cc2)CC1. The Labute approximate surface area is 203 Å². The van der Waals surface area contributed by atoms with E-state index in [-0.39, 0.29) is 22.5 Å². The highest BCUT2D eigenvalue weighted by atomic mass is 32.2. The van der Waals surface area contributed by atoms with Crippen molar-refractivity contribution in [2.24, 2.45) is 5.92 Å². The first kappa shape index (κ1) is 26.1. The van der Waals surface area contributed by atoms with Crippen LogP contribution in [0.2, 0.25) is 0 Å². The fraction of sp³-hybridized carbons (Fsp3) is 0.520. The predicted octanol–water partition coefficient (Wildman–Crippen LogP) is 3.27. The average Bonchev–Trinajstić information content (AvgIpc) is 3.20. The molecule has 1 aliphatic rings. The van der Waals surface area contributed by atoms with Crippen LogP contribution in [0.1, 0.15) is 42.3 Å². The van der Waals surface area contributed by atoms with Crippen LogP contribution in [0.4, 0.5) is 0 Å². The third kappa shape index (κ3) is 6.14. The summed E-state index contributed by atoms with van der Waals surface area (Å²) in [6, 6.07) is 7.91. The Morgan fingerprint density at radius 3 is 2.35 bits per heavy atom. The lowest BCUT2D eigenvalue weighted by molar-refractivity contribution is -0.136. The molecule has 1 aromatic carbocycles. The molecule has 1 amide bonds. The maximum Gasteiger partial charge on any atom is 0.248 e. The molecule has 3 rings (SSSR count). The van der Waals surface area contributed by atoms with Crippen LogP contribution in [0.5, 0.6) is 0 Å². The summed E-state index contributed by atoms with van der Waals surface area (Å²) in [7, 11) is 0.176. The van der Waals surface area contributed by atoms with Crippen LogP contribution in [-0.2, 0) is 14.8 Å². The van der Waals surface area contributed by atoms with Gasteiger partial charge in [-0.15, -0.1) is 0 Å². The zero-order valence-electron chi connectivity index (χ0n) is 20.8. The number of carbonyl (C=O) groups is 1. The van der Waals surface area contributed by atoms with Gasteiger partial charge in [0.1, 0.15) is 5.69 Å². The summed E-state index contributed by atoms with van der Waals surface area (Å²) in [5.41, 5.74) is 2.43. The van der Waals surface area contributed by atoms with Gasteiger partial charge in [0.2, 0.25) is 15.9 Å². The molecule has 0 aliphatic carbocycles. The van der Waals surface area contributed by atoms with Crippen LogP contribution >= 0.6 is 0 Å².